The number of aliphatic carboxylic acids is 1. The zero-order valence-corrected chi connectivity index (χ0v) is 7.64. The van der Waals surface area contributed by atoms with Gasteiger partial charge in [-0.25, -0.2) is 9.97 Å². The molecule has 1 rings (SSSR count). The summed E-state index contributed by atoms with van der Waals surface area (Å²) in [6, 6.07) is 0. The van der Waals surface area contributed by atoms with Gasteiger partial charge in [-0.2, -0.15) is 0 Å². The maximum atomic E-state index is 10.7. The third-order valence-electron chi connectivity index (χ3n) is 2.25. The molecule has 0 fully saturated rings. The average molecular weight is 180 g/mol. The molecule has 0 bridgehead atoms. The van der Waals surface area contributed by atoms with Crippen molar-refractivity contribution in [3.63, 3.8) is 0 Å². The first-order valence-electron chi connectivity index (χ1n) is 4.10. The predicted molar refractivity (Wildman–Crippen MR) is 47.2 cm³/mol. The van der Waals surface area contributed by atoms with Crippen LogP contribution >= 0.6 is 0 Å². The van der Waals surface area contributed by atoms with Crippen molar-refractivity contribution < 1.29 is 9.90 Å². The van der Waals surface area contributed by atoms with Gasteiger partial charge >= 0.3 is 5.97 Å². The van der Waals surface area contributed by atoms with Crippen LogP contribution in [0.15, 0.2) is 18.7 Å². The standard InChI is InChI=1S/C9H12N2O2/c1-6(7(2)9(12)13)8-3-10-5-11-4-8/h3-7H,1-2H3,(H,12,13). The fourth-order valence-corrected chi connectivity index (χ4v) is 1.05. The molecule has 0 aromatic carbocycles. The first-order valence-corrected chi connectivity index (χ1v) is 4.10. The van der Waals surface area contributed by atoms with Crippen LogP contribution in [0, 0.1) is 5.92 Å². The Labute approximate surface area is 76.7 Å². The Kier molecular flexibility index (Phi) is 2.95. The molecule has 13 heavy (non-hydrogen) atoms. The molecule has 2 atom stereocenters. The molecule has 0 amide bonds. The number of carboxylic acids is 1. The van der Waals surface area contributed by atoms with E-state index in [1.807, 2.05) is 6.92 Å². The fourth-order valence-electron chi connectivity index (χ4n) is 1.05. The molecular formula is C9H12N2O2. The second-order valence-electron chi connectivity index (χ2n) is 3.09. The fraction of sp³-hybridized carbons (Fsp3) is 0.444. The van der Waals surface area contributed by atoms with Crippen LogP contribution in [-0.2, 0) is 4.79 Å². The number of carboxylic acid groups (broad SMARTS) is 1. The SMILES string of the molecule is CC(C(=O)O)C(C)c1cncnc1. The number of rotatable bonds is 3. The molecule has 1 aromatic heterocycles. The van der Waals surface area contributed by atoms with Gasteiger partial charge in [0.15, 0.2) is 0 Å². The van der Waals surface area contributed by atoms with Crippen molar-refractivity contribution in [2.45, 2.75) is 19.8 Å². The maximum Gasteiger partial charge on any atom is 0.306 e. The second kappa shape index (κ2) is 3.98. The van der Waals surface area contributed by atoms with Gasteiger partial charge in [0.05, 0.1) is 5.92 Å². The molecule has 4 heteroatoms. The molecule has 0 aliphatic rings. The molecule has 0 radical (unpaired) electrons. The van der Waals surface area contributed by atoms with Crippen LogP contribution in [0.4, 0.5) is 0 Å². The first kappa shape index (κ1) is 9.64. The summed E-state index contributed by atoms with van der Waals surface area (Å²) in [7, 11) is 0. The van der Waals surface area contributed by atoms with Gasteiger partial charge in [-0.15, -0.1) is 0 Å². The summed E-state index contributed by atoms with van der Waals surface area (Å²) in [5, 5.41) is 8.77. The van der Waals surface area contributed by atoms with E-state index in [1.54, 1.807) is 19.3 Å². The minimum Gasteiger partial charge on any atom is -0.481 e. The highest BCUT2D eigenvalue weighted by molar-refractivity contribution is 5.70. The van der Waals surface area contributed by atoms with Crippen LogP contribution in [0.1, 0.15) is 25.3 Å². The number of carbonyl (C=O) groups is 1. The lowest BCUT2D eigenvalue weighted by molar-refractivity contribution is -0.141. The van der Waals surface area contributed by atoms with Crippen LogP contribution in [-0.4, -0.2) is 21.0 Å². The van der Waals surface area contributed by atoms with Crippen molar-refractivity contribution in [2.24, 2.45) is 5.92 Å². The summed E-state index contributed by atoms with van der Waals surface area (Å²) in [6.07, 6.45) is 4.73. The normalized spacial score (nSPS) is 14.9. The summed E-state index contributed by atoms with van der Waals surface area (Å²) in [5.41, 5.74) is 0.859. The highest BCUT2D eigenvalue weighted by Gasteiger charge is 2.20. The molecule has 0 aliphatic carbocycles. The van der Waals surface area contributed by atoms with E-state index in [4.69, 9.17) is 5.11 Å². The van der Waals surface area contributed by atoms with Crippen LogP contribution < -0.4 is 0 Å². The van der Waals surface area contributed by atoms with Gasteiger partial charge in [0.25, 0.3) is 0 Å². The molecule has 2 unspecified atom stereocenters. The third-order valence-corrected chi connectivity index (χ3v) is 2.25. The monoisotopic (exact) mass is 180 g/mol. The number of hydrogen-bond acceptors (Lipinski definition) is 3. The van der Waals surface area contributed by atoms with Gasteiger partial charge in [-0.1, -0.05) is 13.8 Å². The van der Waals surface area contributed by atoms with Gasteiger partial charge in [0.1, 0.15) is 6.33 Å². The highest BCUT2D eigenvalue weighted by Crippen LogP contribution is 2.22. The first-order chi connectivity index (χ1) is 6.13. The topological polar surface area (TPSA) is 63.1 Å². The molecule has 0 aliphatic heterocycles. The Morgan fingerprint density at radius 2 is 1.92 bits per heavy atom. The van der Waals surface area contributed by atoms with Crippen LogP contribution in [0.2, 0.25) is 0 Å². The Morgan fingerprint density at radius 1 is 1.38 bits per heavy atom. The molecule has 4 nitrogen and oxygen atoms in total. The maximum absolute atomic E-state index is 10.7. The Morgan fingerprint density at radius 3 is 2.38 bits per heavy atom. The van der Waals surface area contributed by atoms with E-state index in [0.29, 0.717) is 0 Å². The summed E-state index contributed by atoms with van der Waals surface area (Å²) < 4.78 is 0. The van der Waals surface area contributed by atoms with E-state index in [2.05, 4.69) is 9.97 Å². The molecule has 0 spiro atoms. The predicted octanol–water partition coefficient (Wildman–Crippen LogP) is 1.30. The van der Waals surface area contributed by atoms with Gasteiger partial charge in [-0.3, -0.25) is 4.79 Å². The Balaban J connectivity index is 2.79. The van der Waals surface area contributed by atoms with Gasteiger partial charge < -0.3 is 5.11 Å². The molecule has 0 saturated heterocycles. The summed E-state index contributed by atoms with van der Waals surface area (Å²) in [5.74, 6) is -1.26. The van der Waals surface area contributed by atoms with E-state index >= 15 is 0 Å². The van der Waals surface area contributed by atoms with Crippen LogP contribution in [0.5, 0.6) is 0 Å². The zero-order chi connectivity index (χ0) is 9.84. The van der Waals surface area contributed by atoms with Crippen molar-refractivity contribution in [2.75, 3.05) is 0 Å². The largest absolute Gasteiger partial charge is 0.481 e. The van der Waals surface area contributed by atoms with E-state index < -0.39 is 11.9 Å². The van der Waals surface area contributed by atoms with Gasteiger partial charge in [-0.05, 0) is 11.5 Å². The highest BCUT2D eigenvalue weighted by atomic mass is 16.4. The van der Waals surface area contributed by atoms with Crippen molar-refractivity contribution >= 4 is 5.97 Å². The van der Waals surface area contributed by atoms with Crippen molar-refractivity contribution in [1.82, 2.24) is 9.97 Å². The lowest BCUT2D eigenvalue weighted by Crippen LogP contribution is -2.16. The average Bonchev–Trinajstić information content (AvgIpc) is 2.17. The zero-order valence-electron chi connectivity index (χ0n) is 7.64. The van der Waals surface area contributed by atoms with Crippen LogP contribution in [0.3, 0.4) is 0 Å². The molecule has 1 N–H and O–H groups in total. The van der Waals surface area contributed by atoms with Crippen molar-refractivity contribution in [3.8, 4) is 0 Å². The molecule has 70 valence electrons. The smallest absolute Gasteiger partial charge is 0.306 e. The van der Waals surface area contributed by atoms with Crippen LogP contribution in [0.25, 0.3) is 0 Å². The van der Waals surface area contributed by atoms with E-state index in [1.165, 1.54) is 6.33 Å². The Hall–Kier alpha value is -1.45. The lowest BCUT2D eigenvalue weighted by atomic mass is 9.91. The summed E-state index contributed by atoms with van der Waals surface area (Å²) in [4.78, 5) is 18.4. The van der Waals surface area contributed by atoms with Gasteiger partial charge in [0, 0.05) is 12.4 Å². The van der Waals surface area contributed by atoms with E-state index in [-0.39, 0.29) is 5.92 Å². The molecule has 0 saturated carbocycles. The summed E-state index contributed by atoms with van der Waals surface area (Å²) >= 11 is 0. The Bertz CT molecular complexity index is 287. The van der Waals surface area contributed by atoms with E-state index in [9.17, 15) is 4.79 Å². The molecule has 1 heterocycles. The van der Waals surface area contributed by atoms with Crippen molar-refractivity contribution in [3.05, 3.63) is 24.3 Å². The lowest BCUT2D eigenvalue weighted by Gasteiger charge is -2.14. The second-order valence-corrected chi connectivity index (χ2v) is 3.09. The minimum atomic E-state index is -0.795. The third kappa shape index (κ3) is 2.24. The number of aromatic nitrogens is 2. The summed E-state index contributed by atoms with van der Waals surface area (Å²) in [6.45, 7) is 3.54. The van der Waals surface area contributed by atoms with Crippen molar-refractivity contribution in [1.29, 1.82) is 0 Å². The molecule has 1 aromatic rings. The molecular weight excluding hydrogens is 168 g/mol. The number of nitrogens with zero attached hydrogens (tertiary/aromatic N) is 2. The van der Waals surface area contributed by atoms with E-state index in [0.717, 1.165) is 5.56 Å². The minimum absolute atomic E-state index is 0.0568. The number of hydrogen-bond donors (Lipinski definition) is 1. The van der Waals surface area contributed by atoms with Gasteiger partial charge in [0.2, 0.25) is 0 Å². The quantitative estimate of drug-likeness (QED) is 0.761.